The van der Waals surface area contributed by atoms with Crippen molar-refractivity contribution in [1.82, 2.24) is 34.5 Å². The fourth-order valence-corrected chi connectivity index (χ4v) is 4.85. The molecule has 1 N–H and O–H groups in total. The van der Waals surface area contributed by atoms with E-state index in [-0.39, 0.29) is 6.04 Å². The van der Waals surface area contributed by atoms with Crippen LogP contribution in [0.2, 0.25) is 0 Å². The number of benzene rings is 1. The van der Waals surface area contributed by atoms with Crippen molar-refractivity contribution in [3.05, 3.63) is 59.6 Å². The Balaban J connectivity index is 1.25. The average Bonchev–Trinajstić information content (AvgIpc) is 3.68. The number of alkyl halides is 3. The van der Waals surface area contributed by atoms with Crippen LogP contribution in [0.25, 0.3) is 22.8 Å². The van der Waals surface area contributed by atoms with E-state index in [4.69, 9.17) is 4.74 Å². The molecular formula is C26H25F3N8O. The topological polar surface area (TPSA) is 104 Å². The Morgan fingerprint density at radius 1 is 1.05 bits per heavy atom. The molecule has 1 saturated carbocycles. The molecule has 1 fully saturated rings. The van der Waals surface area contributed by atoms with Gasteiger partial charge in [-0.1, -0.05) is 18.2 Å². The van der Waals surface area contributed by atoms with E-state index in [1.807, 2.05) is 25.1 Å². The van der Waals surface area contributed by atoms with E-state index in [0.29, 0.717) is 47.9 Å². The van der Waals surface area contributed by atoms with Crippen molar-refractivity contribution in [3.8, 4) is 28.7 Å². The van der Waals surface area contributed by atoms with Gasteiger partial charge in [-0.2, -0.15) is 18.2 Å². The predicted molar refractivity (Wildman–Crippen MR) is 132 cm³/mol. The number of fused-ring (bicyclic) bond motifs is 3. The van der Waals surface area contributed by atoms with Crippen LogP contribution in [-0.4, -0.2) is 41.6 Å². The number of hydrogen-bond donors (Lipinski definition) is 1. The lowest BCUT2D eigenvalue weighted by Gasteiger charge is -2.12. The second-order valence-corrected chi connectivity index (χ2v) is 9.64. The molecule has 1 unspecified atom stereocenters. The van der Waals surface area contributed by atoms with Crippen molar-refractivity contribution < 1.29 is 17.9 Å². The molecule has 1 aliphatic heterocycles. The van der Waals surface area contributed by atoms with E-state index in [9.17, 15) is 13.2 Å². The first kappa shape index (κ1) is 24.3. The highest BCUT2D eigenvalue weighted by Gasteiger charge is 2.36. The first-order chi connectivity index (χ1) is 18.3. The first-order valence-corrected chi connectivity index (χ1v) is 12.4. The Hall–Kier alpha value is -4.09. The summed E-state index contributed by atoms with van der Waals surface area (Å²) in [6, 6.07) is 5.64. The summed E-state index contributed by atoms with van der Waals surface area (Å²) in [5.74, 6) is 1.94. The summed E-state index contributed by atoms with van der Waals surface area (Å²) < 4.78 is 47.1. The molecule has 1 aromatic carbocycles. The van der Waals surface area contributed by atoms with Gasteiger partial charge in [0.05, 0.1) is 12.8 Å². The van der Waals surface area contributed by atoms with Crippen molar-refractivity contribution in [2.45, 2.75) is 57.3 Å². The van der Waals surface area contributed by atoms with Crippen LogP contribution in [-0.2, 0) is 19.1 Å². The number of anilines is 1. The normalized spacial score (nSPS) is 16.9. The minimum Gasteiger partial charge on any atom is -0.480 e. The molecule has 3 aromatic heterocycles. The number of rotatable bonds is 6. The summed E-state index contributed by atoms with van der Waals surface area (Å²) in [6.45, 7) is 2.34. The third-order valence-electron chi connectivity index (χ3n) is 6.98. The van der Waals surface area contributed by atoms with Gasteiger partial charge in [-0.05, 0) is 43.7 Å². The fourth-order valence-electron chi connectivity index (χ4n) is 4.85. The molecule has 9 nitrogen and oxygen atoms in total. The zero-order valence-corrected chi connectivity index (χ0v) is 20.8. The van der Waals surface area contributed by atoms with Gasteiger partial charge in [0.2, 0.25) is 11.8 Å². The van der Waals surface area contributed by atoms with Crippen molar-refractivity contribution in [2.75, 3.05) is 12.4 Å². The van der Waals surface area contributed by atoms with Gasteiger partial charge < -0.3 is 14.6 Å². The second-order valence-electron chi connectivity index (χ2n) is 9.64. The number of aromatic nitrogens is 7. The maximum absolute atomic E-state index is 13.3. The van der Waals surface area contributed by atoms with Crippen LogP contribution in [0, 0.1) is 0 Å². The zero-order chi connectivity index (χ0) is 26.4. The van der Waals surface area contributed by atoms with Crippen molar-refractivity contribution in [2.24, 2.45) is 0 Å². The van der Waals surface area contributed by atoms with Crippen LogP contribution >= 0.6 is 0 Å². The number of imidazole rings is 1. The molecule has 0 spiro atoms. The zero-order valence-electron chi connectivity index (χ0n) is 20.8. The smallest absolute Gasteiger partial charge is 0.434 e. The molecule has 0 amide bonds. The Labute approximate surface area is 216 Å². The van der Waals surface area contributed by atoms with Crippen LogP contribution in [0.1, 0.15) is 60.7 Å². The van der Waals surface area contributed by atoms with E-state index < -0.39 is 11.9 Å². The van der Waals surface area contributed by atoms with Gasteiger partial charge in [0.25, 0.3) is 0 Å². The van der Waals surface area contributed by atoms with Gasteiger partial charge in [-0.25, -0.2) is 24.9 Å². The third kappa shape index (κ3) is 4.54. The number of aryl methyl sites for hydroxylation is 1. The summed E-state index contributed by atoms with van der Waals surface area (Å²) >= 11 is 0. The summed E-state index contributed by atoms with van der Waals surface area (Å²) in [7, 11) is 1.55. The van der Waals surface area contributed by atoms with E-state index in [2.05, 4.69) is 35.2 Å². The molecule has 12 heteroatoms. The van der Waals surface area contributed by atoms with Gasteiger partial charge in [0.15, 0.2) is 11.5 Å². The molecule has 0 radical (unpaired) electrons. The van der Waals surface area contributed by atoms with Gasteiger partial charge in [-0.15, -0.1) is 0 Å². The molecule has 0 bridgehead atoms. The maximum atomic E-state index is 13.3. The van der Waals surface area contributed by atoms with E-state index in [1.54, 1.807) is 11.7 Å². The lowest BCUT2D eigenvalue weighted by molar-refractivity contribution is -0.140. The highest BCUT2D eigenvalue weighted by molar-refractivity contribution is 5.66. The molecule has 6 rings (SSSR count). The molecule has 1 aliphatic carbocycles. The number of methoxy groups -OCH3 is 1. The van der Waals surface area contributed by atoms with E-state index in [0.717, 1.165) is 47.8 Å². The molecule has 196 valence electrons. The van der Waals surface area contributed by atoms with Crippen LogP contribution < -0.4 is 10.1 Å². The largest absolute Gasteiger partial charge is 0.480 e. The summed E-state index contributed by atoms with van der Waals surface area (Å²) in [6.07, 6.45) is 3.12. The number of ether oxygens (including phenoxy) is 1. The number of nitrogens with one attached hydrogen (secondary N) is 1. The quantitative estimate of drug-likeness (QED) is 0.368. The molecule has 38 heavy (non-hydrogen) atoms. The molecule has 1 atom stereocenters. The molecule has 4 aromatic rings. The molecule has 4 heterocycles. The van der Waals surface area contributed by atoms with Crippen LogP contribution in [0.3, 0.4) is 0 Å². The van der Waals surface area contributed by atoms with Crippen LogP contribution in [0.4, 0.5) is 19.1 Å². The standard InChI is InChI=1S/C26H25F3N8O/c1-14-3-5-17-9-15(4-8-18(17)23-35-19(11-37(14)23)26(27,28)29)10-30-25-34-13-32-22(36-25)20-21(16-6-7-16)31-12-33-24(20)38-2/h4,8-9,11-14,16H,3,5-7,10H2,1-2H3,(H,30,32,34,36). The summed E-state index contributed by atoms with van der Waals surface area (Å²) in [5, 5.41) is 3.23. The Morgan fingerprint density at radius 2 is 1.87 bits per heavy atom. The van der Waals surface area contributed by atoms with Crippen LogP contribution in [0.15, 0.2) is 37.1 Å². The minimum absolute atomic E-state index is 0.0919. The summed E-state index contributed by atoms with van der Waals surface area (Å²) in [5.41, 5.74) is 3.32. The highest BCUT2D eigenvalue weighted by atomic mass is 19.4. The predicted octanol–water partition coefficient (Wildman–Crippen LogP) is 5.22. The SMILES string of the molecule is COc1ncnc(C2CC2)c1-c1ncnc(NCc2ccc3c(c2)CCC(C)n2cc(C(F)(F)F)nc2-3)n1. The summed E-state index contributed by atoms with van der Waals surface area (Å²) in [4.78, 5) is 25.8. The second kappa shape index (κ2) is 9.34. The third-order valence-corrected chi connectivity index (χ3v) is 6.98. The van der Waals surface area contributed by atoms with Crippen molar-refractivity contribution in [1.29, 1.82) is 0 Å². The van der Waals surface area contributed by atoms with Gasteiger partial charge in [0, 0.05) is 30.3 Å². The Morgan fingerprint density at radius 3 is 2.63 bits per heavy atom. The van der Waals surface area contributed by atoms with Crippen molar-refractivity contribution >= 4 is 5.95 Å². The fraction of sp³-hybridized carbons (Fsp3) is 0.385. The van der Waals surface area contributed by atoms with E-state index >= 15 is 0 Å². The lowest BCUT2D eigenvalue weighted by Crippen LogP contribution is -2.08. The minimum atomic E-state index is -4.48. The molecule has 2 aliphatic rings. The maximum Gasteiger partial charge on any atom is 0.434 e. The van der Waals surface area contributed by atoms with Crippen molar-refractivity contribution in [3.63, 3.8) is 0 Å². The Bertz CT molecular complexity index is 1500. The number of hydrogen-bond acceptors (Lipinski definition) is 8. The Kier molecular flexibility index (Phi) is 5.96. The number of halogens is 3. The highest BCUT2D eigenvalue weighted by Crippen LogP contribution is 2.44. The van der Waals surface area contributed by atoms with Gasteiger partial charge >= 0.3 is 6.18 Å². The number of nitrogens with zero attached hydrogens (tertiary/aromatic N) is 7. The molecule has 0 saturated heterocycles. The monoisotopic (exact) mass is 522 g/mol. The van der Waals surface area contributed by atoms with E-state index in [1.165, 1.54) is 12.7 Å². The molecular weight excluding hydrogens is 497 g/mol. The van der Waals surface area contributed by atoms with Gasteiger partial charge in [0.1, 0.15) is 24.0 Å². The first-order valence-electron chi connectivity index (χ1n) is 12.4. The lowest BCUT2D eigenvalue weighted by atomic mass is 9.99. The van der Waals surface area contributed by atoms with Crippen LogP contribution in [0.5, 0.6) is 5.88 Å². The average molecular weight is 523 g/mol. The van der Waals surface area contributed by atoms with Gasteiger partial charge in [-0.3, -0.25) is 0 Å².